The van der Waals surface area contributed by atoms with Crippen LogP contribution in [0.1, 0.15) is 30.9 Å². The number of hydrogen-bond acceptors (Lipinski definition) is 1. The zero-order valence-electron chi connectivity index (χ0n) is 8.32. The molecule has 0 aliphatic rings. The maximum atomic E-state index is 12.4. The van der Waals surface area contributed by atoms with Gasteiger partial charge >= 0.3 is 6.18 Å². The third-order valence-electron chi connectivity index (χ3n) is 2.08. The SMILES string of the molecule is CC(C)c1cc(C(F)(F)F)cc(N)c1Cl. The quantitative estimate of drug-likeness (QED) is 0.733. The second-order valence-corrected chi connectivity index (χ2v) is 4.00. The number of benzene rings is 1. The number of alkyl halides is 3. The van der Waals surface area contributed by atoms with Crippen molar-refractivity contribution < 1.29 is 13.2 Å². The van der Waals surface area contributed by atoms with E-state index in [2.05, 4.69) is 0 Å². The van der Waals surface area contributed by atoms with Crippen LogP contribution in [-0.4, -0.2) is 0 Å². The molecule has 0 unspecified atom stereocenters. The summed E-state index contributed by atoms with van der Waals surface area (Å²) in [7, 11) is 0. The summed E-state index contributed by atoms with van der Waals surface area (Å²) in [6.07, 6.45) is -4.39. The Morgan fingerprint density at radius 2 is 1.80 bits per heavy atom. The van der Waals surface area contributed by atoms with E-state index in [1.165, 1.54) is 0 Å². The summed E-state index contributed by atoms with van der Waals surface area (Å²) < 4.78 is 37.3. The van der Waals surface area contributed by atoms with Crippen molar-refractivity contribution in [3.63, 3.8) is 0 Å². The fourth-order valence-electron chi connectivity index (χ4n) is 1.25. The van der Waals surface area contributed by atoms with Crippen molar-refractivity contribution in [1.82, 2.24) is 0 Å². The zero-order valence-corrected chi connectivity index (χ0v) is 9.08. The molecule has 1 rings (SSSR count). The first-order chi connectivity index (χ1) is 6.73. The number of rotatable bonds is 1. The van der Waals surface area contributed by atoms with E-state index in [0.29, 0.717) is 5.56 Å². The minimum absolute atomic E-state index is 0.0322. The minimum Gasteiger partial charge on any atom is -0.398 e. The van der Waals surface area contributed by atoms with Crippen LogP contribution in [0.3, 0.4) is 0 Å². The number of anilines is 1. The van der Waals surface area contributed by atoms with Crippen LogP contribution < -0.4 is 5.73 Å². The van der Waals surface area contributed by atoms with Crippen molar-refractivity contribution in [2.24, 2.45) is 0 Å². The Labute approximate surface area is 91.0 Å². The topological polar surface area (TPSA) is 26.0 Å². The van der Waals surface area contributed by atoms with E-state index in [1.54, 1.807) is 13.8 Å². The van der Waals surface area contributed by atoms with Crippen molar-refractivity contribution in [1.29, 1.82) is 0 Å². The summed E-state index contributed by atoms with van der Waals surface area (Å²) in [5, 5.41) is 0.206. The van der Waals surface area contributed by atoms with E-state index in [4.69, 9.17) is 17.3 Å². The molecule has 0 aromatic heterocycles. The van der Waals surface area contributed by atoms with Crippen LogP contribution in [0.5, 0.6) is 0 Å². The Morgan fingerprint density at radius 3 is 2.20 bits per heavy atom. The van der Waals surface area contributed by atoms with Gasteiger partial charge in [0.05, 0.1) is 16.3 Å². The van der Waals surface area contributed by atoms with Gasteiger partial charge < -0.3 is 5.73 Å². The molecule has 1 aromatic rings. The van der Waals surface area contributed by atoms with Crippen LogP contribution in [0.4, 0.5) is 18.9 Å². The normalized spacial score (nSPS) is 12.2. The van der Waals surface area contributed by atoms with Gasteiger partial charge in [0.25, 0.3) is 0 Å². The minimum atomic E-state index is -4.39. The molecule has 0 aliphatic carbocycles. The van der Waals surface area contributed by atoms with Crippen LogP contribution >= 0.6 is 11.6 Å². The molecular weight excluding hydrogens is 227 g/mol. The fraction of sp³-hybridized carbons (Fsp3) is 0.400. The summed E-state index contributed by atoms with van der Waals surface area (Å²) in [5.74, 6) is -0.0953. The van der Waals surface area contributed by atoms with Crippen LogP contribution in [0.15, 0.2) is 12.1 Å². The predicted octanol–water partition coefficient (Wildman–Crippen LogP) is 4.06. The highest BCUT2D eigenvalue weighted by molar-refractivity contribution is 6.33. The molecule has 1 nitrogen and oxygen atoms in total. The lowest BCUT2D eigenvalue weighted by Crippen LogP contribution is -2.08. The van der Waals surface area contributed by atoms with Crippen molar-refractivity contribution in [2.45, 2.75) is 25.9 Å². The van der Waals surface area contributed by atoms with E-state index < -0.39 is 11.7 Å². The van der Waals surface area contributed by atoms with Gasteiger partial charge in [-0.1, -0.05) is 25.4 Å². The summed E-state index contributed by atoms with van der Waals surface area (Å²) in [6.45, 7) is 3.53. The molecule has 0 saturated carbocycles. The first-order valence-electron chi connectivity index (χ1n) is 4.39. The lowest BCUT2D eigenvalue weighted by atomic mass is 9.99. The maximum absolute atomic E-state index is 12.4. The third-order valence-corrected chi connectivity index (χ3v) is 2.51. The Morgan fingerprint density at radius 1 is 1.27 bits per heavy atom. The fourth-order valence-corrected chi connectivity index (χ4v) is 1.58. The Bertz CT molecular complexity index is 372. The Balaban J connectivity index is 3.36. The lowest BCUT2D eigenvalue weighted by Gasteiger charge is -2.14. The molecule has 0 aliphatic heterocycles. The lowest BCUT2D eigenvalue weighted by molar-refractivity contribution is -0.137. The molecule has 0 spiro atoms. The highest BCUT2D eigenvalue weighted by Crippen LogP contribution is 2.37. The van der Waals surface area contributed by atoms with Crippen LogP contribution in [-0.2, 0) is 6.18 Å². The second-order valence-electron chi connectivity index (χ2n) is 3.62. The molecule has 0 heterocycles. The molecule has 0 bridgehead atoms. The zero-order chi connectivity index (χ0) is 11.8. The van der Waals surface area contributed by atoms with Crippen molar-refractivity contribution in [3.05, 3.63) is 28.3 Å². The van der Waals surface area contributed by atoms with E-state index in [0.717, 1.165) is 12.1 Å². The molecule has 0 saturated heterocycles. The van der Waals surface area contributed by atoms with Crippen LogP contribution in [0.2, 0.25) is 5.02 Å². The van der Waals surface area contributed by atoms with Gasteiger partial charge in [0.2, 0.25) is 0 Å². The number of nitrogens with two attached hydrogens (primary N) is 1. The van der Waals surface area contributed by atoms with Gasteiger partial charge in [-0.15, -0.1) is 0 Å². The number of halogens is 4. The van der Waals surface area contributed by atoms with E-state index in [9.17, 15) is 13.2 Å². The molecule has 0 radical (unpaired) electrons. The molecule has 84 valence electrons. The van der Waals surface area contributed by atoms with E-state index >= 15 is 0 Å². The van der Waals surface area contributed by atoms with Crippen LogP contribution in [0, 0.1) is 0 Å². The highest BCUT2D eigenvalue weighted by atomic mass is 35.5. The summed E-state index contributed by atoms with van der Waals surface area (Å²) in [5.41, 5.74) is 5.06. The van der Waals surface area contributed by atoms with Gasteiger partial charge in [0.15, 0.2) is 0 Å². The molecule has 0 amide bonds. The average Bonchev–Trinajstić information content (AvgIpc) is 2.06. The first kappa shape index (κ1) is 12.2. The van der Waals surface area contributed by atoms with Gasteiger partial charge in [-0.2, -0.15) is 13.2 Å². The molecule has 15 heavy (non-hydrogen) atoms. The standard InChI is InChI=1S/C10H11ClF3N/c1-5(2)7-3-6(10(12,13)14)4-8(15)9(7)11/h3-5H,15H2,1-2H3. The van der Waals surface area contributed by atoms with Crippen molar-refractivity contribution in [2.75, 3.05) is 5.73 Å². The molecule has 5 heteroatoms. The third kappa shape index (κ3) is 2.56. The van der Waals surface area contributed by atoms with Gasteiger partial charge in [0.1, 0.15) is 0 Å². The highest BCUT2D eigenvalue weighted by Gasteiger charge is 2.32. The molecule has 0 atom stereocenters. The molecule has 1 aromatic carbocycles. The van der Waals surface area contributed by atoms with Gasteiger partial charge in [0, 0.05) is 0 Å². The van der Waals surface area contributed by atoms with Crippen molar-refractivity contribution >= 4 is 17.3 Å². The molecule has 0 fully saturated rings. The summed E-state index contributed by atoms with van der Waals surface area (Å²) >= 11 is 5.82. The first-order valence-corrected chi connectivity index (χ1v) is 4.77. The maximum Gasteiger partial charge on any atom is 0.416 e. The van der Waals surface area contributed by atoms with Gasteiger partial charge in [-0.05, 0) is 23.6 Å². The average molecular weight is 238 g/mol. The number of hydrogen-bond donors (Lipinski definition) is 1. The predicted molar refractivity (Wildman–Crippen MR) is 55.0 cm³/mol. The van der Waals surface area contributed by atoms with E-state index in [-0.39, 0.29) is 16.6 Å². The van der Waals surface area contributed by atoms with Crippen molar-refractivity contribution in [3.8, 4) is 0 Å². The Kier molecular flexibility index (Phi) is 3.19. The summed E-state index contributed by atoms with van der Waals surface area (Å²) in [4.78, 5) is 0. The molecular formula is C10H11ClF3N. The largest absolute Gasteiger partial charge is 0.416 e. The summed E-state index contributed by atoms with van der Waals surface area (Å²) in [6, 6.07) is 1.90. The van der Waals surface area contributed by atoms with Gasteiger partial charge in [-0.25, -0.2) is 0 Å². The smallest absolute Gasteiger partial charge is 0.398 e. The van der Waals surface area contributed by atoms with Crippen LogP contribution in [0.25, 0.3) is 0 Å². The monoisotopic (exact) mass is 237 g/mol. The van der Waals surface area contributed by atoms with E-state index in [1.807, 2.05) is 0 Å². The van der Waals surface area contributed by atoms with Gasteiger partial charge in [-0.3, -0.25) is 0 Å². The Hall–Kier alpha value is -0.900. The second kappa shape index (κ2) is 3.93. The number of nitrogen functional groups attached to an aromatic ring is 1. The molecule has 2 N–H and O–H groups in total.